The van der Waals surface area contributed by atoms with Crippen molar-refractivity contribution in [3.8, 4) is 28.6 Å². The molecule has 0 unspecified atom stereocenters. The molecule has 4 rings (SSSR count). The van der Waals surface area contributed by atoms with Crippen molar-refractivity contribution in [2.24, 2.45) is 15.7 Å². The summed E-state index contributed by atoms with van der Waals surface area (Å²) in [4.78, 5) is 16.5. The quantitative estimate of drug-likeness (QED) is 0.362. The molecule has 0 radical (unpaired) electrons. The number of aliphatic imine (C=N–C) groups is 2. The van der Waals surface area contributed by atoms with Crippen molar-refractivity contribution in [2.45, 2.75) is 26.2 Å². The van der Waals surface area contributed by atoms with E-state index in [4.69, 9.17) is 19.9 Å². The number of halogens is 3. The lowest BCUT2D eigenvalue weighted by atomic mass is 10.2. The second-order valence-electron chi connectivity index (χ2n) is 8.11. The van der Waals surface area contributed by atoms with Gasteiger partial charge in [0.1, 0.15) is 36.2 Å². The van der Waals surface area contributed by atoms with Crippen LogP contribution in [0.3, 0.4) is 0 Å². The number of nitrogens with two attached hydrogens (primary N) is 1. The summed E-state index contributed by atoms with van der Waals surface area (Å²) in [6.45, 7) is 1.29. The lowest BCUT2D eigenvalue weighted by molar-refractivity contribution is -0.118. The molecule has 1 aromatic carbocycles. The molecule has 1 aliphatic rings. The van der Waals surface area contributed by atoms with Gasteiger partial charge in [-0.05, 0) is 24.6 Å². The van der Waals surface area contributed by atoms with Gasteiger partial charge in [-0.25, -0.2) is 15.0 Å². The molecule has 3 N–H and O–H groups in total. The normalized spacial score (nSPS) is 13.8. The fourth-order valence-electron chi connectivity index (χ4n) is 3.67. The maximum atomic E-state index is 12.8. The zero-order valence-corrected chi connectivity index (χ0v) is 20.5. The summed E-state index contributed by atoms with van der Waals surface area (Å²) in [5.41, 5.74) is 7.33. The molecule has 0 saturated heterocycles. The van der Waals surface area contributed by atoms with Crippen LogP contribution in [0.1, 0.15) is 18.2 Å². The standard InChI is InChI=1S/C24H26F3N7O3/c1-14(28)32-22(31-13-24(25,26)27)17-12-34-6-7-37-19-9-21(30-11-16(19)23(34)33-17)29-10-15-4-5-18(35-2)20(8-15)36-3/h4-5,8-9,11-12H,6-7,10,13H2,1-3H3,(H,29,30)(H2,28,31,32). The van der Waals surface area contributed by atoms with Crippen LogP contribution in [0.15, 0.2) is 46.6 Å². The first-order chi connectivity index (χ1) is 17.7. The number of imidazole rings is 1. The Morgan fingerprint density at radius 3 is 2.70 bits per heavy atom. The van der Waals surface area contributed by atoms with Gasteiger partial charge >= 0.3 is 6.18 Å². The monoisotopic (exact) mass is 517 g/mol. The number of hydrogen-bond acceptors (Lipinski definition) is 7. The third-order valence-corrected chi connectivity index (χ3v) is 5.31. The van der Waals surface area contributed by atoms with Gasteiger partial charge in [-0.3, -0.25) is 4.99 Å². The van der Waals surface area contributed by atoms with Crippen molar-refractivity contribution in [1.29, 1.82) is 0 Å². The number of pyridine rings is 1. The van der Waals surface area contributed by atoms with Crippen LogP contribution in [0.4, 0.5) is 19.0 Å². The Balaban J connectivity index is 1.59. The van der Waals surface area contributed by atoms with Gasteiger partial charge in [0.05, 0.1) is 32.2 Å². The molecular weight excluding hydrogens is 491 g/mol. The molecule has 1 aliphatic heterocycles. The summed E-state index contributed by atoms with van der Waals surface area (Å²) < 4.78 is 56.6. The summed E-state index contributed by atoms with van der Waals surface area (Å²) in [5, 5.41) is 3.25. The number of fused-ring (bicyclic) bond motifs is 3. The van der Waals surface area contributed by atoms with Crippen molar-refractivity contribution in [3.05, 3.63) is 47.9 Å². The number of methoxy groups -OCH3 is 2. The lowest BCUT2D eigenvalue weighted by Gasteiger charge is -2.12. The van der Waals surface area contributed by atoms with Gasteiger partial charge < -0.3 is 29.8 Å². The van der Waals surface area contributed by atoms with Crippen molar-refractivity contribution in [1.82, 2.24) is 14.5 Å². The fraction of sp³-hybridized carbons (Fsp3) is 0.333. The number of rotatable bonds is 7. The number of nitrogens with zero attached hydrogens (tertiary/aromatic N) is 5. The first-order valence-electron chi connectivity index (χ1n) is 11.2. The van der Waals surface area contributed by atoms with E-state index in [9.17, 15) is 13.2 Å². The van der Waals surface area contributed by atoms with Crippen molar-refractivity contribution < 1.29 is 27.4 Å². The van der Waals surface area contributed by atoms with Gasteiger partial charge in [-0.2, -0.15) is 13.2 Å². The number of alkyl halides is 3. The fourth-order valence-corrected chi connectivity index (χ4v) is 3.67. The maximum Gasteiger partial charge on any atom is 0.408 e. The van der Waals surface area contributed by atoms with Crippen LogP contribution in [-0.4, -0.2) is 59.8 Å². The van der Waals surface area contributed by atoms with Gasteiger partial charge in [0, 0.05) is 25.0 Å². The number of benzene rings is 1. The van der Waals surface area contributed by atoms with Gasteiger partial charge in [0.2, 0.25) is 0 Å². The minimum atomic E-state index is -4.48. The van der Waals surface area contributed by atoms with Crippen LogP contribution in [-0.2, 0) is 13.1 Å². The largest absolute Gasteiger partial charge is 0.493 e. The molecule has 0 atom stereocenters. The second-order valence-corrected chi connectivity index (χ2v) is 8.11. The number of hydrogen-bond donors (Lipinski definition) is 2. The highest BCUT2D eigenvalue weighted by Gasteiger charge is 2.28. The predicted octanol–water partition coefficient (Wildman–Crippen LogP) is 3.65. The molecule has 0 amide bonds. The third kappa shape index (κ3) is 6.29. The van der Waals surface area contributed by atoms with E-state index in [1.165, 1.54) is 6.92 Å². The van der Waals surface area contributed by atoms with E-state index in [1.54, 1.807) is 37.2 Å². The molecule has 37 heavy (non-hydrogen) atoms. The molecule has 0 saturated carbocycles. The van der Waals surface area contributed by atoms with Crippen molar-refractivity contribution in [2.75, 3.05) is 32.7 Å². The Kier molecular flexibility index (Phi) is 7.50. The van der Waals surface area contributed by atoms with E-state index in [0.29, 0.717) is 54.2 Å². The van der Waals surface area contributed by atoms with Crippen LogP contribution in [0, 0.1) is 0 Å². The molecule has 3 aromatic rings. The molecular formula is C24H26F3N7O3. The molecule has 196 valence electrons. The Hall–Kier alpha value is -4.29. The second kappa shape index (κ2) is 10.8. The highest BCUT2D eigenvalue weighted by molar-refractivity contribution is 6.04. The smallest absolute Gasteiger partial charge is 0.408 e. The molecule has 0 bridgehead atoms. The summed E-state index contributed by atoms with van der Waals surface area (Å²) in [5.74, 6) is 2.72. The highest BCUT2D eigenvalue weighted by atomic mass is 19.4. The van der Waals surface area contributed by atoms with Crippen molar-refractivity contribution in [3.63, 3.8) is 0 Å². The first-order valence-corrected chi connectivity index (χ1v) is 11.2. The van der Waals surface area contributed by atoms with Crippen LogP contribution < -0.4 is 25.3 Å². The lowest BCUT2D eigenvalue weighted by Crippen LogP contribution is -2.16. The van der Waals surface area contributed by atoms with Crippen LogP contribution in [0.2, 0.25) is 0 Å². The topological polar surface area (TPSA) is 121 Å². The summed E-state index contributed by atoms with van der Waals surface area (Å²) in [6, 6.07) is 7.36. The van der Waals surface area contributed by atoms with Gasteiger partial charge in [-0.1, -0.05) is 6.07 Å². The Morgan fingerprint density at radius 1 is 1.22 bits per heavy atom. The first kappa shape index (κ1) is 25.8. The molecule has 0 fully saturated rings. The van der Waals surface area contributed by atoms with E-state index in [1.807, 2.05) is 18.2 Å². The molecule has 2 aromatic heterocycles. The number of ether oxygens (including phenoxy) is 3. The molecule has 0 aliphatic carbocycles. The molecule has 3 heterocycles. The summed E-state index contributed by atoms with van der Waals surface area (Å²) in [6.07, 6.45) is -1.30. The minimum absolute atomic E-state index is 0.0692. The van der Waals surface area contributed by atoms with E-state index in [2.05, 4.69) is 25.3 Å². The van der Waals surface area contributed by atoms with Crippen molar-refractivity contribution >= 4 is 17.5 Å². The number of aromatic nitrogens is 3. The van der Waals surface area contributed by atoms with E-state index >= 15 is 0 Å². The summed E-state index contributed by atoms with van der Waals surface area (Å²) in [7, 11) is 3.15. The van der Waals surface area contributed by atoms with E-state index in [-0.39, 0.29) is 17.4 Å². The van der Waals surface area contributed by atoms with Gasteiger partial charge in [0.25, 0.3) is 0 Å². The number of amidine groups is 2. The Morgan fingerprint density at radius 2 is 2.00 bits per heavy atom. The van der Waals surface area contributed by atoms with Crippen LogP contribution in [0.5, 0.6) is 17.2 Å². The van der Waals surface area contributed by atoms with Crippen LogP contribution in [0.25, 0.3) is 11.4 Å². The average Bonchev–Trinajstić information content (AvgIpc) is 3.20. The van der Waals surface area contributed by atoms with Gasteiger partial charge in [-0.15, -0.1) is 0 Å². The maximum absolute atomic E-state index is 12.8. The highest BCUT2D eigenvalue weighted by Crippen LogP contribution is 2.34. The average molecular weight is 518 g/mol. The molecule has 0 spiro atoms. The number of nitrogens with one attached hydrogen (secondary N) is 1. The molecule has 13 heteroatoms. The van der Waals surface area contributed by atoms with E-state index < -0.39 is 12.7 Å². The van der Waals surface area contributed by atoms with Crippen LogP contribution >= 0.6 is 0 Å². The molecule has 10 nitrogen and oxygen atoms in total. The Labute approximate surface area is 211 Å². The zero-order valence-electron chi connectivity index (χ0n) is 20.5. The zero-order chi connectivity index (χ0) is 26.6. The van der Waals surface area contributed by atoms with E-state index in [0.717, 1.165) is 5.56 Å². The van der Waals surface area contributed by atoms with Gasteiger partial charge in [0.15, 0.2) is 17.3 Å². The Bertz CT molecular complexity index is 1330. The third-order valence-electron chi connectivity index (χ3n) is 5.31. The SMILES string of the molecule is COc1ccc(CNc2cc3c(cn2)-c2nc(C(N=C(C)N)=NCC(F)(F)F)cn2CCO3)cc1OC. The minimum Gasteiger partial charge on any atom is -0.493 e. The predicted molar refractivity (Wildman–Crippen MR) is 133 cm³/mol. The number of anilines is 1. The summed E-state index contributed by atoms with van der Waals surface area (Å²) >= 11 is 0.